The Morgan fingerprint density at radius 2 is 2.06 bits per heavy atom. The fraction of sp³-hybridized carbons (Fsp3) is 1.00. The molecular weight excluding hydrogens is 218 g/mol. The van der Waals surface area contributed by atoms with Crippen molar-refractivity contribution in [1.29, 1.82) is 0 Å². The van der Waals surface area contributed by atoms with Crippen molar-refractivity contribution in [2.45, 2.75) is 30.2 Å². The number of hydrogen-bond donors (Lipinski definition) is 5. The number of aliphatic hydroxyl groups is 4. The van der Waals surface area contributed by atoms with Gasteiger partial charge in [-0.1, -0.05) is 0 Å². The maximum atomic E-state index is 9.92. The van der Waals surface area contributed by atoms with Crippen molar-refractivity contribution in [3.63, 3.8) is 0 Å². The number of hydrogen-bond acceptors (Lipinski definition) is 7. The van der Waals surface area contributed by atoms with E-state index < -0.39 is 42.7 Å². The number of ether oxygens (including phenoxy) is 2. The van der Waals surface area contributed by atoms with E-state index >= 15 is 0 Å². The molecule has 6 atom stereocenters. The maximum absolute atomic E-state index is 9.92. The van der Waals surface area contributed by atoms with Crippen molar-refractivity contribution in [2.24, 2.45) is 11.7 Å². The molecule has 3 unspecified atom stereocenters. The molecule has 7 nitrogen and oxygen atoms in total. The summed E-state index contributed by atoms with van der Waals surface area (Å²) in [5.41, 5.74) is 3.69. The van der Waals surface area contributed by atoms with Crippen molar-refractivity contribution in [3.8, 4) is 0 Å². The quantitative estimate of drug-likeness (QED) is 0.347. The van der Waals surface area contributed by atoms with Gasteiger partial charge in [-0.25, -0.2) is 0 Å². The van der Waals surface area contributed by atoms with E-state index in [1.54, 1.807) is 0 Å². The van der Waals surface area contributed by atoms with Gasteiger partial charge in [0.15, 0.2) is 6.29 Å². The van der Waals surface area contributed by atoms with Gasteiger partial charge in [-0.05, 0) is 0 Å². The molecule has 0 aromatic heterocycles. The molecule has 1 saturated carbocycles. The number of rotatable bonds is 4. The smallest absolute Gasteiger partial charge is 0.184 e. The van der Waals surface area contributed by atoms with Crippen molar-refractivity contribution in [1.82, 2.24) is 0 Å². The molecule has 2 fully saturated rings. The molecule has 0 amide bonds. The van der Waals surface area contributed by atoms with Gasteiger partial charge in [-0.15, -0.1) is 0 Å². The van der Waals surface area contributed by atoms with Gasteiger partial charge in [0.2, 0.25) is 0 Å². The lowest BCUT2D eigenvalue weighted by Crippen LogP contribution is -2.51. The van der Waals surface area contributed by atoms with Gasteiger partial charge in [0.05, 0.1) is 25.2 Å². The predicted octanol–water partition coefficient (Wildman–Crippen LogP) is -3.24. The second kappa shape index (κ2) is 4.19. The average Bonchev–Trinajstić information content (AvgIpc) is 2.82. The predicted molar refractivity (Wildman–Crippen MR) is 51.2 cm³/mol. The topological polar surface area (TPSA) is 125 Å². The van der Waals surface area contributed by atoms with E-state index in [0.29, 0.717) is 0 Å². The molecule has 0 radical (unpaired) electrons. The van der Waals surface area contributed by atoms with E-state index in [1.165, 1.54) is 0 Å². The van der Waals surface area contributed by atoms with Crippen LogP contribution in [0.5, 0.6) is 0 Å². The van der Waals surface area contributed by atoms with Gasteiger partial charge in [-0.3, -0.25) is 0 Å². The lowest BCUT2D eigenvalue weighted by Gasteiger charge is -2.35. The Bertz CT molecular complexity index is 260. The molecule has 6 N–H and O–H groups in total. The zero-order chi connectivity index (χ0) is 11.9. The molecule has 1 aliphatic carbocycles. The van der Waals surface area contributed by atoms with Gasteiger partial charge >= 0.3 is 0 Å². The van der Waals surface area contributed by atoms with E-state index in [1.807, 2.05) is 0 Å². The van der Waals surface area contributed by atoms with E-state index in [4.69, 9.17) is 20.3 Å². The van der Waals surface area contributed by atoms with E-state index in [-0.39, 0.29) is 13.2 Å². The van der Waals surface area contributed by atoms with Gasteiger partial charge in [-0.2, -0.15) is 0 Å². The molecule has 16 heavy (non-hydrogen) atoms. The van der Waals surface area contributed by atoms with Crippen LogP contribution in [-0.2, 0) is 9.47 Å². The minimum Gasteiger partial charge on any atom is -0.394 e. The second-order valence-electron chi connectivity index (χ2n) is 4.18. The Kier molecular flexibility index (Phi) is 3.19. The molecule has 2 rings (SSSR count). The summed E-state index contributed by atoms with van der Waals surface area (Å²) >= 11 is 0. The SMILES string of the molecule is NCCO[C@@H]1OC(CO)[C@]2(O)C(O)[C@@H]2C1O. The van der Waals surface area contributed by atoms with Gasteiger partial charge < -0.3 is 35.6 Å². The van der Waals surface area contributed by atoms with E-state index in [0.717, 1.165) is 0 Å². The third-order valence-electron chi connectivity index (χ3n) is 3.27. The van der Waals surface area contributed by atoms with Crippen LogP contribution in [-0.4, -0.2) is 70.4 Å². The van der Waals surface area contributed by atoms with E-state index in [2.05, 4.69) is 0 Å². The summed E-state index contributed by atoms with van der Waals surface area (Å²) in [6, 6.07) is 0. The molecule has 0 bridgehead atoms. The Morgan fingerprint density at radius 3 is 2.62 bits per heavy atom. The summed E-state index contributed by atoms with van der Waals surface area (Å²) in [6.07, 6.45) is -4.12. The van der Waals surface area contributed by atoms with Crippen LogP contribution in [0, 0.1) is 5.92 Å². The Labute approximate surface area is 92.4 Å². The zero-order valence-corrected chi connectivity index (χ0v) is 8.69. The third kappa shape index (κ3) is 1.56. The first-order valence-corrected chi connectivity index (χ1v) is 5.23. The molecule has 0 aromatic carbocycles. The first-order chi connectivity index (χ1) is 7.57. The van der Waals surface area contributed by atoms with Crippen LogP contribution >= 0.6 is 0 Å². The molecule has 7 heteroatoms. The van der Waals surface area contributed by atoms with Crippen LogP contribution in [0.15, 0.2) is 0 Å². The molecule has 1 aliphatic heterocycles. The lowest BCUT2D eigenvalue weighted by atomic mass is 10.0. The summed E-state index contributed by atoms with van der Waals surface area (Å²) in [6.45, 7) is 0.0221. The highest BCUT2D eigenvalue weighted by Crippen LogP contribution is 2.53. The molecule has 0 aromatic rings. The standard InChI is InChI=1S/C9H17NO6/c10-1-2-15-8-6(12)5-7(13)9(5,14)4(3-11)16-8/h4-8,11-14H,1-3,10H2/t4?,5-,6?,7?,8+,9+/m0/s1. The average molecular weight is 235 g/mol. The summed E-state index contributed by atoms with van der Waals surface area (Å²) < 4.78 is 10.3. The summed E-state index contributed by atoms with van der Waals surface area (Å²) in [5.74, 6) is -0.735. The number of fused-ring (bicyclic) bond motifs is 1. The maximum Gasteiger partial charge on any atom is 0.184 e. The third-order valence-corrected chi connectivity index (χ3v) is 3.27. The fourth-order valence-corrected chi connectivity index (χ4v) is 2.30. The highest BCUT2D eigenvalue weighted by atomic mass is 16.7. The number of aliphatic hydroxyl groups excluding tert-OH is 3. The monoisotopic (exact) mass is 235 g/mol. The zero-order valence-electron chi connectivity index (χ0n) is 8.69. The van der Waals surface area contributed by atoms with Crippen molar-refractivity contribution in [2.75, 3.05) is 19.8 Å². The van der Waals surface area contributed by atoms with Crippen molar-refractivity contribution >= 4 is 0 Å². The normalized spacial score (nSPS) is 51.2. The minimum atomic E-state index is -1.56. The van der Waals surface area contributed by atoms with Gasteiger partial charge in [0.25, 0.3) is 0 Å². The number of nitrogens with two attached hydrogens (primary N) is 1. The largest absolute Gasteiger partial charge is 0.394 e. The summed E-state index contributed by atoms with van der Waals surface area (Å²) in [5, 5.41) is 38.2. The Hall–Kier alpha value is -0.280. The molecule has 94 valence electrons. The van der Waals surface area contributed by atoms with Crippen LogP contribution in [0.4, 0.5) is 0 Å². The van der Waals surface area contributed by atoms with Gasteiger partial charge in [0, 0.05) is 6.54 Å². The van der Waals surface area contributed by atoms with Crippen LogP contribution in [0.2, 0.25) is 0 Å². The molecule has 0 spiro atoms. The summed E-state index contributed by atoms with van der Waals surface area (Å²) in [4.78, 5) is 0. The fourth-order valence-electron chi connectivity index (χ4n) is 2.30. The van der Waals surface area contributed by atoms with Crippen LogP contribution in [0.3, 0.4) is 0 Å². The first-order valence-electron chi connectivity index (χ1n) is 5.23. The molecular formula is C9H17NO6. The van der Waals surface area contributed by atoms with Crippen molar-refractivity contribution < 1.29 is 29.9 Å². The minimum absolute atomic E-state index is 0.196. The van der Waals surface area contributed by atoms with Gasteiger partial charge in [0.1, 0.15) is 17.8 Å². The van der Waals surface area contributed by atoms with Crippen LogP contribution in [0.25, 0.3) is 0 Å². The molecule has 2 aliphatic rings. The first kappa shape index (κ1) is 12.2. The lowest BCUT2D eigenvalue weighted by molar-refractivity contribution is -0.272. The second-order valence-corrected chi connectivity index (χ2v) is 4.18. The summed E-state index contributed by atoms with van der Waals surface area (Å²) in [7, 11) is 0. The highest BCUT2D eigenvalue weighted by molar-refractivity contribution is 5.22. The molecule has 1 heterocycles. The highest BCUT2D eigenvalue weighted by Gasteiger charge is 2.75. The Morgan fingerprint density at radius 1 is 1.38 bits per heavy atom. The van der Waals surface area contributed by atoms with Crippen molar-refractivity contribution in [3.05, 3.63) is 0 Å². The Balaban J connectivity index is 2.05. The van der Waals surface area contributed by atoms with Crippen LogP contribution in [0.1, 0.15) is 0 Å². The van der Waals surface area contributed by atoms with Crippen LogP contribution < -0.4 is 5.73 Å². The molecule has 1 saturated heterocycles. The van der Waals surface area contributed by atoms with E-state index in [9.17, 15) is 15.3 Å².